The molecule has 164 valence electrons. The van der Waals surface area contributed by atoms with Crippen LogP contribution in [0.2, 0.25) is 0 Å². The number of hydrogen-bond donors (Lipinski definition) is 0. The average Bonchev–Trinajstić information content (AvgIpc) is 3.12. The van der Waals surface area contributed by atoms with Crippen LogP contribution in [0.5, 0.6) is 0 Å². The Morgan fingerprint density at radius 1 is 0.647 bits per heavy atom. The van der Waals surface area contributed by atoms with E-state index >= 15 is 0 Å². The van der Waals surface area contributed by atoms with Gasteiger partial charge in [-0.3, -0.25) is 9.88 Å². The number of fused-ring (bicyclic) bond motifs is 3. The Balaban J connectivity index is 1.50. The molecule has 6 rings (SSSR count). The minimum Gasteiger partial charge on any atom is -0.279 e. The van der Waals surface area contributed by atoms with Crippen molar-refractivity contribution in [3.63, 3.8) is 0 Å². The third kappa shape index (κ3) is 3.27. The second-order valence-electron chi connectivity index (χ2n) is 9.04. The van der Waals surface area contributed by atoms with Gasteiger partial charge in [0.15, 0.2) is 0 Å². The van der Waals surface area contributed by atoms with Gasteiger partial charge in [0.2, 0.25) is 5.95 Å². The molecule has 0 saturated carbocycles. The number of benzene rings is 3. The highest BCUT2D eigenvalue weighted by Gasteiger charge is 2.38. The Kier molecular flexibility index (Phi) is 4.73. The normalized spacial score (nSPS) is 13.2. The van der Waals surface area contributed by atoms with E-state index in [1.807, 2.05) is 67.0 Å². The van der Waals surface area contributed by atoms with Gasteiger partial charge in [0.05, 0.1) is 11.4 Å². The van der Waals surface area contributed by atoms with Crippen molar-refractivity contribution < 1.29 is 0 Å². The Hall–Kier alpha value is -4.31. The molecule has 1 aliphatic carbocycles. The predicted molar refractivity (Wildman–Crippen MR) is 138 cm³/mol. The van der Waals surface area contributed by atoms with Crippen LogP contribution in [0.25, 0.3) is 22.4 Å². The minimum absolute atomic E-state index is 0.274. The molecule has 4 nitrogen and oxygen atoms in total. The van der Waals surface area contributed by atoms with E-state index < -0.39 is 0 Å². The summed E-state index contributed by atoms with van der Waals surface area (Å²) in [6.07, 6.45) is 3.98. The first-order chi connectivity index (χ1) is 16.6. The molecule has 0 fully saturated rings. The molecular formula is C30H24N4. The van der Waals surface area contributed by atoms with Crippen molar-refractivity contribution in [3.8, 4) is 22.4 Å². The molecule has 3 aromatic carbocycles. The second kappa shape index (κ2) is 7.92. The van der Waals surface area contributed by atoms with Crippen molar-refractivity contribution >= 4 is 17.3 Å². The van der Waals surface area contributed by atoms with Crippen LogP contribution in [0, 0.1) is 0 Å². The first-order valence-corrected chi connectivity index (χ1v) is 11.5. The van der Waals surface area contributed by atoms with E-state index in [0.29, 0.717) is 5.95 Å². The fraction of sp³-hybridized carbons (Fsp3) is 0.100. The molecule has 5 aromatic rings. The van der Waals surface area contributed by atoms with Gasteiger partial charge < -0.3 is 0 Å². The smallest absolute Gasteiger partial charge is 0.234 e. The second-order valence-corrected chi connectivity index (χ2v) is 9.04. The Morgan fingerprint density at radius 2 is 1.24 bits per heavy atom. The first kappa shape index (κ1) is 20.3. The number of pyridine rings is 1. The molecule has 0 atom stereocenters. The molecule has 4 heteroatoms. The van der Waals surface area contributed by atoms with Crippen LogP contribution in [0.4, 0.5) is 17.3 Å². The zero-order valence-corrected chi connectivity index (χ0v) is 19.2. The van der Waals surface area contributed by atoms with Crippen molar-refractivity contribution in [3.05, 3.63) is 121 Å². The molecule has 1 aliphatic rings. The molecule has 0 radical (unpaired) electrons. The van der Waals surface area contributed by atoms with Gasteiger partial charge in [0.25, 0.3) is 0 Å². The summed E-state index contributed by atoms with van der Waals surface area (Å²) in [5.41, 5.74) is 8.27. The van der Waals surface area contributed by atoms with Crippen molar-refractivity contribution in [1.82, 2.24) is 15.0 Å². The fourth-order valence-corrected chi connectivity index (χ4v) is 4.76. The summed E-state index contributed by atoms with van der Waals surface area (Å²) in [7, 11) is 0. The SMILES string of the molecule is CC1(C)c2cnc(-c3ccccc3)cc2-c2cnc(N(c3ccccc3)c3ccccc3)nc21. The summed E-state index contributed by atoms with van der Waals surface area (Å²) in [5.74, 6) is 0.660. The summed E-state index contributed by atoms with van der Waals surface area (Å²) in [5, 5.41) is 0. The van der Waals surface area contributed by atoms with E-state index in [0.717, 1.165) is 39.5 Å². The third-order valence-electron chi connectivity index (χ3n) is 6.53. The highest BCUT2D eigenvalue weighted by molar-refractivity contribution is 5.82. The van der Waals surface area contributed by atoms with Crippen molar-refractivity contribution in [2.45, 2.75) is 19.3 Å². The maximum absolute atomic E-state index is 5.16. The molecule has 0 bridgehead atoms. The van der Waals surface area contributed by atoms with Crippen LogP contribution in [-0.4, -0.2) is 15.0 Å². The van der Waals surface area contributed by atoms with Crippen molar-refractivity contribution in [1.29, 1.82) is 0 Å². The van der Waals surface area contributed by atoms with Gasteiger partial charge in [-0.15, -0.1) is 0 Å². The number of anilines is 3. The van der Waals surface area contributed by atoms with Gasteiger partial charge in [0, 0.05) is 40.3 Å². The van der Waals surface area contributed by atoms with E-state index in [4.69, 9.17) is 15.0 Å². The molecule has 2 aromatic heterocycles. The van der Waals surface area contributed by atoms with Crippen LogP contribution < -0.4 is 4.90 Å². The molecule has 0 amide bonds. The Morgan fingerprint density at radius 3 is 1.85 bits per heavy atom. The number of para-hydroxylation sites is 2. The minimum atomic E-state index is -0.274. The lowest BCUT2D eigenvalue weighted by Crippen LogP contribution is -2.20. The molecule has 0 spiro atoms. The van der Waals surface area contributed by atoms with E-state index in [9.17, 15) is 0 Å². The zero-order valence-electron chi connectivity index (χ0n) is 19.2. The molecular weight excluding hydrogens is 416 g/mol. The van der Waals surface area contributed by atoms with E-state index in [-0.39, 0.29) is 5.41 Å². The summed E-state index contributed by atoms with van der Waals surface area (Å²) < 4.78 is 0. The summed E-state index contributed by atoms with van der Waals surface area (Å²) in [6, 6.07) is 33.0. The molecule has 0 unspecified atom stereocenters. The summed E-state index contributed by atoms with van der Waals surface area (Å²) in [4.78, 5) is 16.9. The third-order valence-corrected chi connectivity index (χ3v) is 6.53. The first-order valence-electron chi connectivity index (χ1n) is 11.5. The highest BCUT2D eigenvalue weighted by Crippen LogP contribution is 2.48. The maximum Gasteiger partial charge on any atom is 0.234 e. The lowest BCUT2D eigenvalue weighted by molar-refractivity contribution is 0.632. The highest BCUT2D eigenvalue weighted by atomic mass is 15.3. The van der Waals surface area contributed by atoms with E-state index in [2.05, 4.69) is 61.2 Å². The van der Waals surface area contributed by atoms with Crippen LogP contribution >= 0.6 is 0 Å². The lowest BCUT2D eigenvalue weighted by Gasteiger charge is -2.25. The maximum atomic E-state index is 5.16. The van der Waals surface area contributed by atoms with E-state index in [1.165, 1.54) is 5.56 Å². The fourth-order valence-electron chi connectivity index (χ4n) is 4.76. The standard InChI is InChI=1S/C30H24N4/c1-30(2)26-20-31-27(21-12-6-3-7-13-21)18-24(26)25-19-32-29(33-28(25)30)34(22-14-8-4-9-15-22)23-16-10-5-11-17-23/h3-20H,1-2H3. The van der Waals surface area contributed by atoms with Gasteiger partial charge in [-0.05, 0) is 41.5 Å². The van der Waals surface area contributed by atoms with Crippen LogP contribution in [0.3, 0.4) is 0 Å². The van der Waals surface area contributed by atoms with Gasteiger partial charge >= 0.3 is 0 Å². The topological polar surface area (TPSA) is 41.9 Å². The molecule has 0 N–H and O–H groups in total. The van der Waals surface area contributed by atoms with Gasteiger partial charge in [0.1, 0.15) is 0 Å². The van der Waals surface area contributed by atoms with Crippen LogP contribution in [0.1, 0.15) is 25.1 Å². The zero-order chi connectivity index (χ0) is 23.1. The average molecular weight is 441 g/mol. The lowest BCUT2D eigenvalue weighted by atomic mass is 9.86. The number of rotatable bonds is 4. The quantitative estimate of drug-likeness (QED) is 0.294. The molecule has 2 heterocycles. The van der Waals surface area contributed by atoms with Crippen LogP contribution in [-0.2, 0) is 5.41 Å². The van der Waals surface area contributed by atoms with Gasteiger partial charge in [-0.1, -0.05) is 80.6 Å². The van der Waals surface area contributed by atoms with Gasteiger partial charge in [-0.2, -0.15) is 0 Å². The van der Waals surface area contributed by atoms with Gasteiger partial charge in [-0.25, -0.2) is 9.97 Å². The van der Waals surface area contributed by atoms with Crippen molar-refractivity contribution in [2.75, 3.05) is 4.90 Å². The van der Waals surface area contributed by atoms with Crippen molar-refractivity contribution in [2.24, 2.45) is 0 Å². The number of aromatic nitrogens is 3. The number of nitrogens with zero attached hydrogens (tertiary/aromatic N) is 4. The Labute approximate surface area is 199 Å². The largest absolute Gasteiger partial charge is 0.279 e. The monoisotopic (exact) mass is 440 g/mol. The summed E-state index contributed by atoms with van der Waals surface area (Å²) in [6.45, 7) is 4.43. The number of hydrogen-bond acceptors (Lipinski definition) is 4. The molecule has 34 heavy (non-hydrogen) atoms. The van der Waals surface area contributed by atoms with Crippen LogP contribution in [0.15, 0.2) is 109 Å². The molecule has 0 aliphatic heterocycles. The van der Waals surface area contributed by atoms with E-state index in [1.54, 1.807) is 0 Å². The molecule has 0 saturated heterocycles. The Bertz CT molecular complexity index is 1420. The predicted octanol–water partition coefficient (Wildman–Crippen LogP) is 7.31. The summed E-state index contributed by atoms with van der Waals surface area (Å²) >= 11 is 0.